The Kier molecular flexibility index (Phi) is 6.96. The maximum atomic E-state index is 13.0. The predicted octanol–water partition coefficient (Wildman–Crippen LogP) is 3.05. The number of amides is 1. The number of hydrogen-bond donors (Lipinski definition) is 0. The molecule has 2 heterocycles. The summed E-state index contributed by atoms with van der Waals surface area (Å²) in [5, 5.41) is 9.08. The number of rotatable bonds is 5. The average molecular weight is 421 g/mol. The van der Waals surface area contributed by atoms with Crippen molar-refractivity contribution in [1.29, 1.82) is 5.26 Å². The standard InChI is InChI=1S/C25H29FN4O/c26-23-6-4-20(5-7-23)17-25(31)30-14-12-29(13-15-30)24-8-10-28(11-9-24)19-22-3-1-2-21(16-22)18-27/h1-7,16,24H,8-15,17,19H2. The molecule has 4 rings (SSSR count). The van der Waals surface area contributed by atoms with Crippen LogP contribution in [0.15, 0.2) is 48.5 Å². The minimum absolute atomic E-state index is 0.126. The molecular formula is C25H29FN4O. The van der Waals surface area contributed by atoms with Gasteiger partial charge in [0.2, 0.25) is 5.91 Å². The fraction of sp³-hybridized carbons (Fsp3) is 0.440. The molecule has 6 heteroatoms. The fourth-order valence-electron chi connectivity index (χ4n) is 4.67. The van der Waals surface area contributed by atoms with Gasteiger partial charge in [-0.3, -0.25) is 14.6 Å². The Labute approximate surface area is 183 Å². The molecule has 0 saturated carbocycles. The van der Waals surface area contributed by atoms with E-state index >= 15 is 0 Å². The van der Waals surface area contributed by atoms with Crippen LogP contribution in [0.1, 0.15) is 29.5 Å². The summed E-state index contributed by atoms with van der Waals surface area (Å²) in [5.41, 5.74) is 2.78. The van der Waals surface area contributed by atoms with Gasteiger partial charge in [0.1, 0.15) is 5.82 Å². The topological polar surface area (TPSA) is 50.6 Å². The third kappa shape index (κ3) is 5.69. The quantitative estimate of drug-likeness (QED) is 0.746. The number of carbonyl (C=O) groups excluding carboxylic acids is 1. The van der Waals surface area contributed by atoms with E-state index in [0.29, 0.717) is 12.5 Å². The van der Waals surface area contributed by atoms with Crippen molar-refractivity contribution in [1.82, 2.24) is 14.7 Å². The first-order valence-corrected chi connectivity index (χ1v) is 11.1. The SMILES string of the molecule is N#Cc1cccc(CN2CCC(N3CCN(C(=O)Cc4ccc(F)cc4)CC3)CC2)c1. The van der Waals surface area contributed by atoms with E-state index in [1.807, 2.05) is 23.1 Å². The first-order valence-electron chi connectivity index (χ1n) is 11.1. The molecule has 0 spiro atoms. The van der Waals surface area contributed by atoms with Crippen LogP contribution in [0.25, 0.3) is 0 Å². The molecule has 1 amide bonds. The van der Waals surface area contributed by atoms with Crippen molar-refractivity contribution in [2.75, 3.05) is 39.3 Å². The van der Waals surface area contributed by atoms with E-state index in [4.69, 9.17) is 5.26 Å². The van der Waals surface area contributed by atoms with Gasteiger partial charge < -0.3 is 4.90 Å². The molecule has 2 aliphatic heterocycles. The number of halogens is 1. The van der Waals surface area contributed by atoms with E-state index in [2.05, 4.69) is 21.9 Å². The first kappa shape index (κ1) is 21.5. The largest absolute Gasteiger partial charge is 0.340 e. The van der Waals surface area contributed by atoms with Gasteiger partial charge in [0.05, 0.1) is 18.1 Å². The van der Waals surface area contributed by atoms with Crippen molar-refractivity contribution in [2.24, 2.45) is 0 Å². The smallest absolute Gasteiger partial charge is 0.227 e. The van der Waals surface area contributed by atoms with Gasteiger partial charge in [0.15, 0.2) is 0 Å². The summed E-state index contributed by atoms with van der Waals surface area (Å²) in [6, 6.07) is 16.9. The van der Waals surface area contributed by atoms with Crippen molar-refractivity contribution in [3.05, 3.63) is 71.0 Å². The van der Waals surface area contributed by atoms with Crippen LogP contribution in [-0.2, 0) is 17.8 Å². The van der Waals surface area contributed by atoms with Crippen LogP contribution >= 0.6 is 0 Å². The normalized spacial score (nSPS) is 18.6. The maximum Gasteiger partial charge on any atom is 0.227 e. The van der Waals surface area contributed by atoms with Crippen LogP contribution in [-0.4, -0.2) is 65.9 Å². The summed E-state index contributed by atoms with van der Waals surface area (Å²) < 4.78 is 13.0. The molecule has 5 nitrogen and oxygen atoms in total. The van der Waals surface area contributed by atoms with Gasteiger partial charge in [-0.1, -0.05) is 24.3 Å². The van der Waals surface area contributed by atoms with Crippen molar-refractivity contribution in [2.45, 2.75) is 31.8 Å². The second-order valence-electron chi connectivity index (χ2n) is 8.54. The molecule has 0 radical (unpaired) electrons. The Morgan fingerprint density at radius 1 is 0.968 bits per heavy atom. The van der Waals surface area contributed by atoms with E-state index < -0.39 is 0 Å². The van der Waals surface area contributed by atoms with Crippen LogP contribution in [0.2, 0.25) is 0 Å². The number of nitriles is 1. The molecule has 31 heavy (non-hydrogen) atoms. The van der Waals surface area contributed by atoms with Crippen LogP contribution in [0.4, 0.5) is 4.39 Å². The van der Waals surface area contributed by atoms with Gasteiger partial charge in [-0.05, 0) is 61.3 Å². The first-order chi connectivity index (χ1) is 15.1. The zero-order valence-electron chi connectivity index (χ0n) is 17.8. The molecule has 0 N–H and O–H groups in total. The lowest BCUT2D eigenvalue weighted by molar-refractivity contribution is -0.132. The average Bonchev–Trinajstić information content (AvgIpc) is 2.81. The predicted molar refractivity (Wildman–Crippen MR) is 118 cm³/mol. The van der Waals surface area contributed by atoms with E-state index in [-0.39, 0.29) is 11.7 Å². The summed E-state index contributed by atoms with van der Waals surface area (Å²) >= 11 is 0. The minimum atomic E-state index is -0.272. The number of piperidine rings is 1. The van der Waals surface area contributed by atoms with E-state index in [1.54, 1.807) is 12.1 Å². The zero-order chi connectivity index (χ0) is 21.6. The Bertz CT molecular complexity index is 923. The number of nitrogens with zero attached hydrogens (tertiary/aromatic N) is 4. The summed E-state index contributed by atoms with van der Waals surface area (Å²) in [7, 11) is 0. The van der Waals surface area contributed by atoms with Gasteiger partial charge >= 0.3 is 0 Å². The van der Waals surface area contributed by atoms with Crippen LogP contribution in [0.5, 0.6) is 0 Å². The van der Waals surface area contributed by atoms with Crippen LogP contribution < -0.4 is 0 Å². The lowest BCUT2D eigenvalue weighted by atomic mass is 10.0. The highest BCUT2D eigenvalue weighted by Crippen LogP contribution is 2.20. The Hall–Kier alpha value is -2.75. The van der Waals surface area contributed by atoms with Gasteiger partial charge in [-0.25, -0.2) is 4.39 Å². The van der Waals surface area contributed by atoms with Crippen LogP contribution in [0, 0.1) is 17.1 Å². The van der Waals surface area contributed by atoms with Crippen molar-refractivity contribution < 1.29 is 9.18 Å². The van der Waals surface area contributed by atoms with Crippen molar-refractivity contribution in [3.63, 3.8) is 0 Å². The number of likely N-dealkylation sites (tertiary alicyclic amines) is 1. The lowest BCUT2D eigenvalue weighted by Gasteiger charge is -2.42. The highest BCUT2D eigenvalue weighted by molar-refractivity contribution is 5.78. The summed E-state index contributed by atoms with van der Waals surface area (Å²) in [4.78, 5) is 19.5. The van der Waals surface area contributed by atoms with Crippen molar-refractivity contribution >= 4 is 5.91 Å². The van der Waals surface area contributed by atoms with E-state index in [9.17, 15) is 9.18 Å². The second-order valence-corrected chi connectivity index (χ2v) is 8.54. The molecule has 2 fully saturated rings. The van der Waals surface area contributed by atoms with Crippen molar-refractivity contribution in [3.8, 4) is 6.07 Å². The monoisotopic (exact) mass is 420 g/mol. The minimum Gasteiger partial charge on any atom is -0.340 e. The summed E-state index contributed by atoms with van der Waals surface area (Å²) in [6.07, 6.45) is 2.62. The molecule has 0 bridgehead atoms. The molecule has 0 unspecified atom stereocenters. The van der Waals surface area contributed by atoms with Crippen LogP contribution in [0.3, 0.4) is 0 Å². The molecule has 162 valence electrons. The van der Waals surface area contributed by atoms with E-state index in [1.165, 1.54) is 17.7 Å². The Morgan fingerprint density at radius 3 is 2.35 bits per heavy atom. The number of piperazine rings is 1. The lowest BCUT2D eigenvalue weighted by Crippen LogP contribution is -2.54. The molecule has 2 aromatic rings. The molecule has 2 saturated heterocycles. The van der Waals surface area contributed by atoms with Gasteiger partial charge in [0.25, 0.3) is 0 Å². The Balaban J connectivity index is 1.20. The van der Waals surface area contributed by atoms with Gasteiger partial charge in [-0.15, -0.1) is 0 Å². The molecule has 2 aliphatic rings. The molecule has 0 aliphatic carbocycles. The number of carbonyl (C=O) groups is 1. The second kappa shape index (κ2) is 10.0. The zero-order valence-corrected chi connectivity index (χ0v) is 17.8. The van der Waals surface area contributed by atoms with Gasteiger partial charge in [0, 0.05) is 38.8 Å². The Morgan fingerprint density at radius 2 is 1.68 bits per heavy atom. The van der Waals surface area contributed by atoms with E-state index in [0.717, 1.165) is 69.8 Å². The summed E-state index contributed by atoms with van der Waals surface area (Å²) in [5.74, 6) is -0.146. The highest BCUT2D eigenvalue weighted by Gasteiger charge is 2.28. The molecule has 0 atom stereocenters. The third-order valence-electron chi connectivity index (χ3n) is 6.47. The van der Waals surface area contributed by atoms with Gasteiger partial charge in [-0.2, -0.15) is 5.26 Å². The number of hydrogen-bond acceptors (Lipinski definition) is 4. The summed E-state index contributed by atoms with van der Waals surface area (Å²) in [6.45, 7) is 6.39. The third-order valence-corrected chi connectivity index (χ3v) is 6.47. The number of benzene rings is 2. The maximum absolute atomic E-state index is 13.0. The molecule has 2 aromatic carbocycles. The molecular weight excluding hydrogens is 391 g/mol. The highest BCUT2D eigenvalue weighted by atomic mass is 19.1. The molecule has 0 aromatic heterocycles. The fourth-order valence-corrected chi connectivity index (χ4v) is 4.67.